The van der Waals surface area contributed by atoms with Crippen molar-refractivity contribution < 1.29 is 9.53 Å². The minimum Gasteiger partial charge on any atom is -0.375 e. The molecule has 0 atom stereocenters. The topological polar surface area (TPSA) is 69.0 Å². The van der Waals surface area contributed by atoms with E-state index < -0.39 is 0 Å². The second kappa shape index (κ2) is 7.37. The monoisotopic (exact) mass is 396 g/mol. The largest absolute Gasteiger partial charge is 0.375 e. The second-order valence-corrected chi connectivity index (χ2v) is 7.44. The number of carbonyl (C=O) groups excluding carboxylic acids is 1. The van der Waals surface area contributed by atoms with E-state index in [9.17, 15) is 4.79 Å². The minimum atomic E-state index is -0.231. The van der Waals surface area contributed by atoms with Gasteiger partial charge in [-0.1, -0.05) is 41.9 Å². The molecule has 1 fully saturated rings. The highest BCUT2D eigenvalue weighted by atomic mass is 35.5. The van der Waals surface area contributed by atoms with Crippen LogP contribution in [0.3, 0.4) is 0 Å². The molecule has 0 saturated heterocycles. The van der Waals surface area contributed by atoms with Gasteiger partial charge in [0.05, 0.1) is 10.4 Å². The summed E-state index contributed by atoms with van der Waals surface area (Å²) in [6.45, 7) is -0.00636. The first-order valence-electron chi connectivity index (χ1n) is 9.09. The number of amides is 1. The van der Waals surface area contributed by atoms with Crippen molar-refractivity contribution in [3.05, 3.63) is 64.9 Å². The van der Waals surface area contributed by atoms with E-state index in [4.69, 9.17) is 16.3 Å². The molecule has 1 heterocycles. The van der Waals surface area contributed by atoms with Crippen LogP contribution in [0.4, 0.5) is 5.69 Å². The first-order valence-corrected chi connectivity index (χ1v) is 9.47. The van der Waals surface area contributed by atoms with Crippen LogP contribution >= 0.6 is 11.6 Å². The quantitative estimate of drug-likeness (QED) is 0.688. The summed E-state index contributed by atoms with van der Waals surface area (Å²) in [5, 5.41) is 12.2. The molecule has 1 saturated carbocycles. The van der Waals surface area contributed by atoms with Crippen LogP contribution in [-0.2, 0) is 22.0 Å². The molecule has 4 rings (SSSR count). The average Bonchev–Trinajstić information content (AvgIpc) is 3.40. The summed E-state index contributed by atoms with van der Waals surface area (Å²) < 4.78 is 6.84. The summed E-state index contributed by atoms with van der Waals surface area (Å²) in [7, 11) is 3.45. The molecule has 3 aromatic rings. The van der Waals surface area contributed by atoms with Gasteiger partial charge in [0.25, 0.3) is 0 Å². The van der Waals surface area contributed by atoms with Crippen molar-refractivity contribution >= 4 is 23.2 Å². The number of anilines is 1. The second-order valence-electron chi connectivity index (χ2n) is 7.03. The Kier molecular flexibility index (Phi) is 4.91. The van der Waals surface area contributed by atoms with E-state index in [1.54, 1.807) is 12.1 Å². The molecular weight excluding hydrogens is 376 g/mol. The van der Waals surface area contributed by atoms with E-state index in [0.717, 1.165) is 24.2 Å². The predicted octanol–water partition coefficient (Wildman–Crippen LogP) is 3.80. The molecule has 1 aromatic heterocycles. The van der Waals surface area contributed by atoms with Crippen molar-refractivity contribution in [2.75, 3.05) is 19.0 Å². The van der Waals surface area contributed by atoms with Gasteiger partial charge >= 0.3 is 0 Å². The van der Waals surface area contributed by atoms with E-state index in [2.05, 4.69) is 39.8 Å². The summed E-state index contributed by atoms with van der Waals surface area (Å²) in [5.74, 6) is 1.42. The van der Waals surface area contributed by atoms with Crippen LogP contribution in [0, 0.1) is 0 Å². The molecular formula is C21H21ClN4O2. The number of benzene rings is 2. The lowest BCUT2D eigenvalue weighted by Crippen LogP contribution is -2.17. The van der Waals surface area contributed by atoms with Crippen molar-refractivity contribution in [1.29, 1.82) is 0 Å². The van der Waals surface area contributed by atoms with Gasteiger partial charge in [0.15, 0.2) is 5.82 Å². The fraction of sp³-hybridized carbons (Fsp3) is 0.286. The molecule has 1 aliphatic rings. The van der Waals surface area contributed by atoms with Gasteiger partial charge in [-0.2, -0.15) is 0 Å². The lowest BCUT2D eigenvalue weighted by atomic mass is 9.95. The SMILES string of the molecule is COCC(=O)Nc1ccc(-c2nnc(C3(c4ccccc4)CC3)n2C)c(Cl)c1. The summed E-state index contributed by atoms with van der Waals surface area (Å²) in [5.41, 5.74) is 2.58. The molecule has 1 N–H and O–H groups in total. The summed E-state index contributed by atoms with van der Waals surface area (Å²) in [6.07, 6.45) is 2.11. The van der Waals surface area contributed by atoms with Gasteiger partial charge in [0.1, 0.15) is 12.4 Å². The van der Waals surface area contributed by atoms with Crippen LogP contribution < -0.4 is 5.32 Å². The molecule has 144 valence electrons. The molecule has 1 aliphatic carbocycles. The third-order valence-electron chi connectivity index (χ3n) is 5.15. The van der Waals surface area contributed by atoms with E-state index >= 15 is 0 Å². The maximum Gasteiger partial charge on any atom is 0.250 e. The zero-order valence-corrected chi connectivity index (χ0v) is 16.5. The highest BCUT2D eigenvalue weighted by Gasteiger charge is 2.49. The first-order chi connectivity index (χ1) is 13.5. The number of aromatic nitrogens is 3. The Bertz CT molecular complexity index is 1010. The Hall–Kier alpha value is -2.70. The fourth-order valence-corrected chi connectivity index (χ4v) is 3.87. The van der Waals surface area contributed by atoms with Crippen molar-refractivity contribution in [1.82, 2.24) is 14.8 Å². The number of nitrogens with zero attached hydrogens (tertiary/aromatic N) is 3. The van der Waals surface area contributed by atoms with E-state index in [-0.39, 0.29) is 17.9 Å². The molecule has 1 amide bonds. The van der Waals surface area contributed by atoms with Gasteiger partial charge in [0, 0.05) is 25.4 Å². The maximum atomic E-state index is 11.7. The third-order valence-corrected chi connectivity index (χ3v) is 5.46. The Morgan fingerprint density at radius 1 is 1.21 bits per heavy atom. The number of nitrogens with one attached hydrogen (secondary N) is 1. The van der Waals surface area contributed by atoms with E-state index in [0.29, 0.717) is 16.5 Å². The Balaban J connectivity index is 1.64. The predicted molar refractivity (Wildman–Crippen MR) is 108 cm³/mol. The van der Waals surface area contributed by atoms with Crippen LogP contribution in [0.1, 0.15) is 24.2 Å². The van der Waals surface area contributed by atoms with Gasteiger partial charge in [0.2, 0.25) is 5.91 Å². The minimum absolute atomic E-state index is 0.00636. The number of halogens is 1. The van der Waals surface area contributed by atoms with Crippen molar-refractivity contribution in [2.24, 2.45) is 7.05 Å². The highest BCUT2D eigenvalue weighted by Crippen LogP contribution is 2.53. The number of methoxy groups -OCH3 is 1. The number of carbonyl (C=O) groups is 1. The molecule has 0 aliphatic heterocycles. The zero-order valence-electron chi connectivity index (χ0n) is 15.8. The smallest absolute Gasteiger partial charge is 0.250 e. The Morgan fingerprint density at radius 2 is 1.96 bits per heavy atom. The molecule has 7 heteroatoms. The molecule has 0 spiro atoms. The lowest BCUT2D eigenvalue weighted by Gasteiger charge is -2.15. The molecule has 6 nitrogen and oxygen atoms in total. The Morgan fingerprint density at radius 3 is 2.61 bits per heavy atom. The molecule has 0 unspecified atom stereocenters. The zero-order chi connectivity index (χ0) is 19.7. The molecule has 0 radical (unpaired) electrons. The van der Waals surface area contributed by atoms with Crippen LogP contribution in [0.15, 0.2) is 48.5 Å². The van der Waals surface area contributed by atoms with Crippen molar-refractivity contribution in [3.8, 4) is 11.4 Å². The molecule has 2 aromatic carbocycles. The van der Waals surface area contributed by atoms with Crippen LogP contribution in [-0.4, -0.2) is 34.4 Å². The van der Waals surface area contributed by atoms with Crippen LogP contribution in [0.2, 0.25) is 5.02 Å². The standard InChI is InChI=1S/C21H21ClN4O2/c1-26-19(16-9-8-15(12-17(16)22)23-18(27)13-28-2)24-25-20(26)21(10-11-21)14-6-4-3-5-7-14/h3-9,12H,10-11,13H2,1-2H3,(H,23,27). The van der Waals surface area contributed by atoms with Crippen LogP contribution in [0.5, 0.6) is 0 Å². The number of rotatable bonds is 6. The molecule has 0 bridgehead atoms. The number of ether oxygens (including phenoxy) is 1. The van der Waals surface area contributed by atoms with Crippen molar-refractivity contribution in [2.45, 2.75) is 18.3 Å². The lowest BCUT2D eigenvalue weighted by molar-refractivity contribution is -0.119. The van der Waals surface area contributed by atoms with Gasteiger partial charge in [-0.05, 0) is 36.6 Å². The normalized spacial score (nSPS) is 14.7. The van der Waals surface area contributed by atoms with Gasteiger partial charge in [-0.15, -0.1) is 10.2 Å². The summed E-state index contributed by atoms with van der Waals surface area (Å²) >= 11 is 6.49. The first kappa shape index (κ1) is 18.7. The van der Waals surface area contributed by atoms with Gasteiger partial charge < -0.3 is 14.6 Å². The van der Waals surface area contributed by atoms with Crippen LogP contribution in [0.25, 0.3) is 11.4 Å². The van der Waals surface area contributed by atoms with E-state index in [1.165, 1.54) is 12.7 Å². The van der Waals surface area contributed by atoms with Crippen molar-refractivity contribution in [3.63, 3.8) is 0 Å². The highest BCUT2D eigenvalue weighted by molar-refractivity contribution is 6.33. The number of hydrogen-bond acceptors (Lipinski definition) is 4. The molecule has 28 heavy (non-hydrogen) atoms. The Labute approximate surface area is 168 Å². The average molecular weight is 397 g/mol. The fourth-order valence-electron chi connectivity index (χ4n) is 3.61. The maximum absolute atomic E-state index is 11.7. The summed E-state index contributed by atoms with van der Waals surface area (Å²) in [6, 6.07) is 15.8. The van der Waals surface area contributed by atoms with Gasteiger partial charge in [-0.3, -0.25) is 4.79 Å². The van der Waals surface area contributed by atoms with Gasteiger partial charge in [-0.25, -0.2) is 0 Å². The number of hydrogen-bond donors (Lipinski definition) is 1. The summed E-state index contributed by atoms with van der Waals surface area (Å²) in [4.78, 5) is 11.7. The third kappa shape index (κ3) is 3.30. The van der Waals surface area contributed by atoms with E-state index in [1.807, 2.05) is 23.7 Å².